The van der Waals surface area contributed by atoms with Crippen molar-refractivity contribution in [2.45, 2.75) is 90.4 Å². The van der Waals surface area contributed by atoms with E-state index in [4.69, 9.17) is 0 Å². The average molecular weight is 290 g/mol. The molecule has 1 nitrogen and oxygen atoms in total. The van der Waals surface area contributed by atoms with Crippen molar-refractivity contribution < 1.29 is 4.79 Å². The minimum absolute atomic E-state index is 0.555. The Bertz CT molecular complexity index is 348. The summed E-state index contributed by atoms with van der Waals surface area (Å²) in [6, 6.07) is 0. The van der Waals surface area contributed by atoms with Gasteiger partial charge < -0.3 is 0 Å². The Hall–Kier alpha value is -0.330. The van der Waals surface area contributed by atoms with Crippen molar-refractivity contribution in [1.29, 1.82) is 0 Å². The Labute approximate surface area is 131 Å². The molecule has 3 rings (SSSR count). The third kappa shape index (κ3) is 3.71. The van der Waals surface area contributed by atoms with E-state index < -0.39 is 0 Å². The first kappa shape index (κ1) is 15.6. The molecule has 0 N–H and O–H groups in total. The molecule has 0 aromatic rings. The predicted octanol–water partition coefficient (Wildman–Crippen LogP) is 5.77. The number of carbonyl (C=O) groups is 1. The van der Waals surface area contributed by atoms with Crippen molar-refractivity contribution in [2.75, 3.05) is 0 Å². The second kappa shape index (κ2) is 7.29. The van der Waals surface area contributed by atoms with Gasteiger partial charge in [-0.25, -0.2) is 0 Å². The molecule has 5 unspecified atom stereocenters. The van der Waals surface area contributed by atoms with Crippen LogP contribution in [0, 0.1) is 29.6 Å². The first-order valence-electron chi connectivity index (χ1n) is 9.79. The van der Waals surface area contributed by atoms with Crippen LogP contribution in [0.4, 0.5) is 0 Å². The highest BCUT2D eigenvalue weighted by molar-refractivity contribution is 5.79. The quantitative estimate of drug-likeness (QED) is 0.587. The molecule has 3 fully saturated rings. The molecule has 3 saturated carbocycles. The maximum Gasteiger partial charge on any atom is 0.133 e. The first-order valence-corrected chi connectivity index (χ1v) is 9.79. The lowest BCUT2D eigenvalue weighted by atomic mass is 9.56. The smallest absolute Gasteiger partial charge is 0.133 e. The number of fused-ring (bicyclic) bond motifs is 3. The average Bonchev–Trinajstić information content (AvgIpc) is 2.51. The molecule has 0 amide bonds. The molecule has 3 aliphatic rings. The molecular weight excluding hydrogens is 256 g/mol. The zero-order valence-electron chi connectivity index (χ0n) is 14.0. The summed E-state index contributed by atoms with van der Waals surface area (Å²) in [5.41, 5.74) is 0. The largest absolute Gasteiger partial charge is 0.300 e. The Morgan fingerprint density at radius 2 is 1.71 bits per heavy atom. The molecule has 0 heterocycles. The highest BCUT2D eigenvalue weighted by Gasteiger charge is 2.44. The third-order valence-electron chi connectivity index (χ3n) is 6.93. The molecule has 0 bridgehead atoms. The Morgan fingerprint density at radius 3 is 2.57 bits per heavy atom. The summed E-state index contributed by atoms with van der Waals surface area (Å²) < 4.78 is 0. The van der Waals surface area contributed by atoms with Crippen molar-refractivity contribution in [3.05, 3.63) is 0 Å². The maximum atomic E-state index is 11.7. The molecular formula is C20H34O. The van der Waals surface area contributed by atoms with E-state index in [0.717, 1.165) is 42.4 Å². The zero-order chi connectivity index (χ0) is 14.7. The van der Waals surface area contributed by atoms with Gasteiger partial charge in [-0.05, 0) is 61.7 Å². The van der Waals surface area contributed by atoms with Gasteiger partial charge in [-0.15, -0.1) is 0 Å². The minimum atomic E-state index is 0.555. The Balaban J connectivity index is 1.48. The van der Waals surface area contributed by atoms with Crippen molar-refractivity contribution in [1.82, 2.24) is 0 Å². The number of hydrogen-bond acceptors (Lipinski definition) is 1. The van der Waals surface area contributed by atoms with E-state index in [2.05, 4.69) is 6.92 Å². The molecule has 21 heavy (non-hydrogen) atoms. The number of ketones is 1. The fourth-order valence-electron chi connectivity index (χ4n) is 5.82. The lowest BCUT2D eigenvalue weighted by Crippen LogP contribution is -2.41. The molecule has 0 radical (unpaired) electrons. The first-order chi connectivity index (χ1) is 10.3. The van der Waals surface area contributed by atoms with E-state index in [9.17, 15) is 4.79 Å². The lowest BCUT2D eigenvalue weighted by Gasteiger charge is -2.49. The van der Waals surface area contributed by atoms with Crippen LogP contribution in [0.15, 0.2) is 0 Å². The van der Waals surface area contributed by atoms with Gasteiger partial charge in [0.25, 0.3) is 0 Å². The molecule has 0 aromatic carbocycles. The zero-order valence-corrected chi connectivity index (χ0v) is 14.0. The van der Waals surface area contributed by atoms with E-state index >= 15 is 0 Å². The monoisotopic (exact) mass is 290 g/mol. The summed E-state index contributed by atoms with van der Waals surface area (Å²) in [4.78, 5) is 11.7. The van der Waals surface area contributed by atoms with Crippen LogP contribution in [0.1, 0.15) is 90.4 Å². The molecule has 3 aliphatic carbocycles. The lowest BCUT2D eigenvalue weighted by molar-refractivity contribution is -0.125. The summed E-state index contributed by atoms with van der Waals surface area (Å²) >= 11 is 0. The molecule has 120 valence electrons. The molecule has 0 spiro atoms. The van der Waals surface area contributed by atoms with Gasteiger partial charge in [0.2, 0.25) is 0 Å². The second-order valence-electron chi connectivity index (χ2n) is 8.24. The van der Waals surface area contributed by atoms with Gasteiger partial charge >= 0.3 is 0 Å². The highest BCUT2D eigenvalue weighted by Crippen LogP contribution is 2.52. The predicted molar refractivity (Wildman–Crippen MR) is 88.2 cm³/mol. The van der Waals surface area contributed by atoms with Crippen LogP contribution in [0.2, 0.25) is 0 Å². The van der Waals surface area contributed by atoms with Gasteiger partial charge in [0.15, 0.2) is 0 Å². The summed E-state index contributed by atoms with van der Waals surface area (Å²) in [6.07, 6.45) is 17.5. The van der Waals surface area contributed by atoms with Crippen molar-refractivity contribution >= 4 is 5.78 Å². The van der Waals surface area contributed by atoms with Gasteiger partial charge in [0, 0.05) is 12.8 Å². The molecule has 5 atom stereocenters. The summed E-state index contributed by atoms with van der Waals surface area (Å²) in [7, 11) is 0. The van der Waals surface area contributed by atoms with E-state index in [1.165, 1.54) is 70.6 Å². The normalized spacial score (nSPS) is 39.7. The van der Waals surface area contributed by atoms with Gasteiger partial charge in [0.1, 0.15) is 5.78 Å². The van der Waals surface area contributed by atoms with E-state index in [-0.39, 0.29) is 0 Å². The molecule has 0 aromatic heterocycles. The standard InChI is InChI=1S/C20H34O/c1-2-3-4-5-6-15-7-11-19-16(13-15)8-9-17-14-18(21)10-12-20(17)19/h15-17,19-20H,2-14H2,1H3. The van der Waals surface area contributed by atoms with Crippen LogP contribution >= 0.6 is 0 Å². The summed E-state index contributed by atoms with van der Waals surface area (Å²) in [6.45, 7) is 2.30. The summed E-state index contributed by atoms with van der Waals surface area (Å²) in [5, 5.41) is 0. The van der Waals surface area contributed by atoms with Crippen molar-refractivity contribution in [2.24, 2.45) is 29.6 Å². The Morgan fingerprint density at radius 1 is 0.905 bits per heavy atom. The molecule has 1 heteroatoms. The van der Waals surface area contributed by atoms with Crippen molar-refractivity contribution in [3.8, 4) is 0 Å². The van der Waals surface area contributed by atoms with E-state index in [0.29, 0.717) is 5.78 Å². The van der Waals surface area contributed by atoms with Crippen LogP contribution in [-0.2, 0) is 4.79 Å². The highest BCUT2D eigenvalue weighted by atomic mass is 16.1. The SMILES string of the molecule is CCCCCCC1CCC2C(CCC3CC(=O)CCC32)C1. The Kier molecular flexibility index (Phi) is 5.40. The van der Waals surface area contributed by atoms with Crippen LogP contribution < -0.4 is 0 Å². The van der Waals surface area contributed by atoms with E-state index in [1.54, 1.807) is 0 Å². The number of unbranched alkanes of at least 4 members (excludes halogenated alkanes) is 3. The number of carbonyl (C=O) groups excluding carboxylic acids is 1. The topological polar surface area (TPSA) is 17.1 Å². The van der Waals surface area contributed by atoms with E-state index in [1.807, 2.05) is 0 Å². The van der Waals surface area contributed by atoms with Crippen LogP contribution in [-0.4, -0.2) is 5.78 Å². The molecule has 0 saturated heterocycles. The van der Waals surface area contributed by atoms with Gasteiger partial charge in [-0.2, -0.15) is 0 Å². The number of hydrogen-bond donors (Lipinski definition) is 0. The van der Waals surface area contributed by atoms with Gasteiger partial charge in [0.05, 0.1) is 0 Å². The summed E-state index contributed by atoms with van der Waals surface area (Å²) in [5.74, 6) is 5.29. The maximum absolute atomic E-state index is 11.7. The van der Waals surface area contributed by atoms with Crippen LogP contribution in [0.3, 0.4) is 0 Å². The fourth-order valence-corrected chi connectivity index (χ4v) is 5.82. The fraction of sp³-hybridized carbons (Fsp3) is 0.950. The van der Waals surface area contributed by atoms with Gasteiger partial charge in [-0.3, -0.25) is 4.79 Å². The van der Waals surface area contributed by atoms with Crippen LogP contribution in [0.5, 0.6) is 0 Å². The molecule has 0 aliphatic heterocycles. The minimum Gasteiger partial charge on any atom is -0.300 e. The van der Waals surface area contributed by atoms with Gasteiger partial charge in [-0.1, -0.05) is 45.4 Å². The second-order valence-corrected chi connectivity index (χ2v) is 8.24. The van der Waals surface area contributed by atoms with Crippen LogP contribution in [0.25, 0.3) is 0 Å². The van der Waals surface area contributed by atoms with Crippen molar-refractivity contribution in [3.63, 3.8) is 0 Å². The number of rotatable bonds is 5. The third-order valence-corrected chi connectivity index (χ3v) is 6.93. The number of Topliss-reactive ketones (excluding diaryl/α,β-unsaturated/α-hetero) is 1.